The van der Waals surface area contributed by atoms with Gasteiger partial charge in [0.05, 0.1) is 39.6 Å². The molecule has 0 rings (SSSR count). The first-order chi connectivity index (χ1) is 16.6. The van der Waals surface area contributed by atoms with Gasteiger partial charge in [0.15, 0.2) is 0 Å². The average Bonchev–Trinajstić information content (AvgIpc) is 2.82. The van der Waals surface area contributed by atoms with E-state index in [1.165, 1.54) is 0 Å². The molecular formula is C21H44N6O7. The van der Waals surface area contributed by atoms with E-state index in [0.29, 0.717) is 91.6 Å². The van der Waals surface area contributed by atoms with Crippen LogP contribution in [0, 0.1) is 5.92 Å². The van der Waals surface area contributed by atoms with Crippen LogP contribution in [-0.4, -0.2) is 123 Å². The highest BCUT2D eigenvalue weighted by molar-refractivity contribution is 5.77. The lowest BCUT2D eigenvalue weighted by molar-refractivity contribution is -0.127. The Bertz CT molecular complexity index is 492. The fraction of sp³-hybridized carbons (Fsp3) is 0.857. The van der Waals surface area contributed by atoms with Crippen molar-refractivity contribution in [3.05, 3.63) is 0 Å². The fourth-order valence-electron chi connectivity index (χ4n) is 2.69. The third-order valence-corrected chi connectivity index (χ3v) is 4.28. The highest BCUT2D eigenvalue weighted by Gasteiger charge is 2.13. The number of carbonyl (C=O) groups excluding carboxylic acids is 3. The number of aldehydes is 1. The molecule has 13 heteroatoms. The van der Waals surface area contributed by atoms with Gasteiger partial charge < -0.3 is 56.5 Å². The lowest BCUT2D eigenvalue weighted by Crippen LogP contribution is -2.38. The van der Waals surface area contributed by atoms with Crippen LogP contribution in [0.1, 0.15) is 6.42 Å². The predicted octanol–water partition coefficient (Wildman–Crippen LogP) is -3.41. The first kappa shape index (κ1) is 32.3. The molecule has 0 unspecified atom stereocenters. The lowest BCUT2D eigenvalue weighted by atomic mass is 10.0. The summed E-state index contributed by atoms with van der Waals surface area (Å²) >= 11 is 0. The molecule has 0 saturated heterocycles. The van der Waals surface area contributed by atoms with E-state index < -0.39 is 0 Å². The van der Waals surface area contributed by atoms with Gasteiger partial charge in [0.25, 0.3) is 0 Å². The minimum absolute atomic E-state index is 0.0178. The zero-order valence-electron chi connectivity index (χ0n) is 20.2. The van der Waals surface area contributed by atoms with Crippen molar-refractivity contribution in [2.45, 2.75) is 6.42 Å². The summed E-state index contributed by atoms with van der Waals surface area (Å²) in [5, 5.41) is 11.9. The van der Waals surface area contributed by atoms with E-state index in [2.05, 4.69) is 21.3 Å². The summed E-state index contributed by atoms with van der Waals surface area (Å²) in [6.07, 6.45) is 1.00. The molecule has 34 heavy (non-hydrogen) atoms. The van der Waals surface area contributed by atoms with Crippen LogP contribution in [-0.2, 0) is 33.3 Å². The van der Waals surface area contributed by atoms with Crippen molar-refractivity contribution in [2.75, 3.05) is 105 Å². The van der Waals surface area contributed by atoms with Gasteiger partial charge in [0.2, 0.25) is 11.8 Å². The third kappa shape index (κ3) is 23.4. The molecule has 2 amide bonds. The van der Waals surface area contributed by atoms with Gasteiger partial charge in [-0.1, -0.05) is 0 Å². The maximum atomic E-state index is 12.1. The molecule has 0 aliphatic carbocycles. The van der Waals surface area contributed by atoms with Crippen LogP contribution in [0.4, 0.5) is 0 Å². The van der Waals surface area contributed by atoms with Crippen LogP contribution in [0.15, 0.2) is 0 Å². The van der Waals surface area contributed by atoms with Gasteiger partial charge in [-0.25, -0.2) is 0 Å². The highest BCUT2D eigenvalue weighted by atomic mass is 16.5. The van der Waals surface area contributed by atoms with E-state index in [0.717, 1.165) is 13.1 Å². The second kappa shape index (κ2) is 25.9. The van der Waals surface area contributed by atoms with Crippen LogP contribution >= 0.6 is 0 Å². The second-order valence-corrected chi connectivity index (χ2v) is 7.27. The zero-order chi connectivity index (χ0) is 25.1. The summed E-state index contributed by atoms with van der Waals surface area (Å²) < 4.78 is 20.9. The Morgan fingerprint density at radius 1 is 0.706 bits per heavy atom. The Morgan fingerprint density at radius 3 is 1.71 bits per heavy atom. The Balaban J connectivity index is 3.53. The highest BCUT2D eigenvalue weighted by Crippen LogP contribution is 2.00. The molecule has 0 aromatic heterocycles. The minimum Gasteiger partial charge on any atom is -0.377 e. The maximum Gasteiger partial charge on any atom is 0.246 e. The fourth-order valence-corrected chi connectivity index (χ4v) is 2.69. The van der Waals surface area contributed by atoms with Gasteiger partial charge in [0, 0.05) is 45.7 Å². The van der Waals surface area contributed by atoms with Crippen molar-refractivity contribution in [1.82, 2.24) is 21.3 Å². The maximum absolute atomic E-state index is 12.1. The first-order valence-electron chi connectivity index (χ1n) is 11.7. The standard InChI is InChI=1S/C21H44N6O7/c22-1-3-24-16-19(17-25-4-2-23)15-20(29)26-5-8-31-11-13-33-14-12-32-9-6-27-21(30)18-34-10-7-28/h7,19,24-25H,1-6,8-18,22-23H2,(H,26,29)(H,27,30). The van der Waals surface area contributed by atoms with Crippen LogP contribution in [0.25, 0.3) is 0 Å². The van der Waals surface area contributed by atoms with E-state index >= 15 is 0 Å². The number of nitrogens with two attached hydrogens (primary N) is 2. The molecule has 0 aromatic carbocycles. The van der Waals surface area contributed by atoms with E-state index in [1.807, 2.05) is 0 Å². The topological polar surface area (TPSA) is 188 Å². The molecule has 0 fully saturated rings. The molecule has 0 spiro atoms. The number of carbonyl (C=O) groups is 3. The molecule has 8 N–H and O–H groups in total. The van der Waals surface area contributed by atoms with E-state index in [9.17, 15) is 14.4 Å². The number of amides is 2. The molecular weight excluding hydrogens is 448 g/mol. The van der Waals surface area contributed by atoms with Crippen LogP contribution in [0.5, 0.6) is 0 Å². The van der Waals surface area contributed by atoms with E-state index in [1.54, 1.807) is 0 Å². The summed E-state index contributed by atoms with van der Waals surface area (Å²) in [6.45, 7) is 6.94. The van der Waals surface area contributed by atoms with Crippen molar-refractivity contribution in [3.8, 4) is 0 Å². The molecule has 0 atom stereocenters. The minimum atomic E-state index is -0.297. The monoisotopic (exact) mass is 492 g/mol. The molecule has 0 aliphatic rings. The Hall–Kier alpha value is -1.71. The van der Waals surface area contributed by atoms with Crippen LogP contribution in [0.3, 0.4) is 0 Å². The Kier molecular flexibility index (Phi) is 24.6. The van der Waals surface area contributed by atoms with Crippen LogP contribution in [0.2, 0.25) is 0 Å². The van der Waals surface area contributed by atoms with Gasteiger partial charge in [-0.05, 0) is 19.0 Å². The smallest absolute Gasteiger partial charge is 0.246 e. The van der Waals surface area contributed by atoms with Crippen molar-refractivity contribution < 1.29 is 33.3 Å². The van der Waals surface area contributed by atoms with Gasteiger partial charge in [-0.3, -0.25) is 9.59 Å². The molecule has 0 heterocycles. The summed E-state index contributed by atoms with van der Waals surface area (Å²) in [5.41, 5.74) is 11.0. The predicted molar refractivity (Wildman–Crippen MR) is 127 cm³/mol. The van der Waals surface area contributed by atoms with E-state index in [4.69, 9.17) is 30.4 Å². The molecule has 0 bridgehead atoms. The number of ether oxygens (including phenoxy) is 4. The first-order valence-corrected chi connectivity index (χ1v) is 11.7. The quantitative estimate of drug-likeness (QED) is 0.0521. The number of rotatable bonds is 26. The third-order valence-electron chi connectivity index (χ3n) is 4.28. The van der Waals surface area contributed by atoms with Gasteiger partial charge in [-0.15, -0.1) is 0 Å². The Morgan fingerprint density at radius 2 is 1.21 bits per heavy atom. The molecule has 0 aliphatic heterocycles. The van der Waals surface area contributed by atoms with Crippen molar-refractivity contribution in [1.29, 1.82) is 0 Å². The summed E-state index contributed by atoms with van der Waals surface area (Å²) in [5.74, 6) is -0.155. The summed E-state index contributed by atoms with van der Waals surface area (Å²) in [6, 6.07) is 0. The van der Waals surface area contributed by atoms with Crippen molar-refractivity contribution in [3.63, 3.8) is 0 Å². The van der Waals surface area contributed by atoms with E-state index in [-0.39, 0.29) is 30.9 Å². The van der Waals surface area contributed by atoms with Gasteiger partial charge in [-0.2, -0.15) is 0 Å². The van der Waals surface area contributed by atoms with Crippen molar-refractivity contribution >= 4 is 18.1 Å². The molecule has 0 aromatic rings. The summed E-state index contributed by atoms with van der Waals surface area (Å²) in [4.78, 5) is 33.5. The average molecular weight is 493 g/mol. The molecule has 0 saturated carbocycles. The zero-order valence-corrected chi connectivity index (χ0v) is 20.2. The molecule has 200 valence electrons. The molecule has 13 nitrogen and oxygen atoms in total. The number of hydrogen-bond acceptors (Lipinski definition) is 11. The van der Waals surface area contributed by atoms with Gasteiger partial charge >= 0.3 is 0 Å². The number of nitrogens with one attached hydrogen (secondary N) is 4. The normalized spacial score (nSPS) is 11.0. The largest absolute Gasteiger partial charge is 0.377 e. The molecule has 0 radical (unpaired) electrons. The second-order valence-electron chi connectivity index (χ2n) is 7.27. The van der Waals surface area contributed by atoms with Crippen LogP contribution < -0.4 is 32.7 Å². The van der Waals surface area contributed by atoms with Crippen molar-refractivity contribution in [2.24, 2.45) is 17.4 Å². The van der Waals surface area contributed by atoms with Gasteiger partial charge in [0.1, 0.15) is 19.5 Å². The summed E-state index contributed by atoms with van der Waals surface area (Å²) in [7, 11) is 0. The lowest BCUT2D eigenvalue weighted by Gasteiger charge is -2.18. The SMILES string of the molecule is NCCNCC(CNCCN)CC(=O)NCCOCCOCCOCCNC(=O)COCC=O. The Labute approximate surface area is 202 Å². The number of hydrogen-bond donors (Lipinski definition) is 6.